The molecule has 18 heavy (non-hydrogen) atoms. The second-order valence-electron chi connectivity index (χ2n) is 3.94. The van der Waals surface area contributed by atoms with Gasteiger partial charge in [-0.05, 0) is 35.4 Å². The third-order valence-electron chi connectivity index (χ3n) is 2.87. The third kappa shape index (κ3) is 1.92. The van der Waals surface area contributed by atoms with Crippen molar-refractivity contribution in [3.63, 3.8) is 0 Å². The van der Waals surface area contributed by atoms with Gasteiger partial charge in [0.1, 0.15) is 0 Å². The van der Waals surface area contributed by atoms with Crippen LogP contribution < -0.4 is 11.5 Å². The van der Waals surface area contributed by atoms with Gasteiger partial charge in [-0.3, -0.25) is 4.79 Å². The molecule has 0 radical (unpaired) electrons. The number of rotatable bonds is 0. The van der Waals surface area contributed by atoms with Crippen LogP contribution in [0.1, 0.15) is 15.9 Å². The molecular weight excluding hydrogens is 271 g/mol. The fraction of sp³-hybridized carbons (Fsp3) is 0. The van der Waals surface area contributed by atoms with Crippen molar-refractivity contribution in [2.75, 3.05) is 11.5 Å². The number of carbonyl (C=O) groups excluding carboxylic acids is 1. The van der Waals surface area contributed by atoms with E-state index >= 15 is 0 Å². The molecule has 0 heterocycles. The molecule has 0 amide bonds. The Bertz CT molecular complexity index is 573. The van der Waals surface area contributed by atoms with E-state index in [0.717, 1.165) is 11.1 Å². The number of hydrogen-bond donors (Lipinski definition) is 2. The quantitative estimate of drug-likeness (QED) is 0.623. The largest absolute Gasteiger partial charge is 0.399 e. The molecular formula is C13H12Cl2N2O. The Kier molecular flexibility index (Phi) is 3.89. The van der Waals surface area contributed by atoms with Crippen molar-refractivity contribution in [1.29, 1.82) is 0 Å². The van der Waals surface area contributed by atoms with E-state index in [-0.39, 0.29) is 30.6 Å². The normalized spacial score (nSPS) is 11.0. The van der Waals surface area contributed by atoms with Gasteiger partial charge in [-0.15, -0.1) is 24.8 Å². The van der Waals surface area contributed by atoms with E-state index in [1.165, 1.54) is 0 Å². The van der Waals surface area contributed by atoms with E-state index in [1.54, 1.807) is 24.3 Å². The molecule has 0 saturated heterocycles. The minimum atomic E-state index is 0. The van der Waals surface area contributed by atoms with Gasteiger partial charge in [0.2, 0.25) is 0 Å². The second-order valence-corrected chi connectivity index (χ2v) is 3.94. The van der Waals surface area contributed by atoms with E-state index in [9.17, 15) is 4.79 Å². The topological polar surface area (TPSA) is 69.1 Å². The van der Waals surface area contributed by atoms with Gasteiger partial charge in [0, 0.05) is 22.5 Å². The Morgan fingerprint density at radius 3 is 1.44 bits per heavy atom. The highest BCUT2D eigenvalue weighted by Gasteiger charge is 2.26. The van der Waals surface area contributed by atoms with Crippen LogP contribution in [-0.2, 0) is 0 Å². The maximum atomic E-state index is 12.1. The van der Waals surface area contributed by atoms with Crippen LogP contribution in [0.3, 0.4) is 0 Å². The van der Waals surface area contributed by atoms with Crippen LogP contribution in [0.15, 0.2) is 36.4 Å². The van der Waals surface area contributed by atoms with E-state index < -0.39 is 0 Å². The number of hydrogen-bond acceptors (Lipinski definition) is 3. The van der Waals surface area contributed by atoms with Crippen LogP contribution in [-0.4, -0.2) is 5.78 Å². The summed E-state index contributed by atoms with van der Waals surface area (Å²) in [7, 11) is 0. The van der Waals surface area contributed by atoms with Crippen molar-refractivity contribution in [3.8, 4) is 11.1 Å². The van der Waals surface area contributed by atoms with E-state index in [2.05, 4.69) is 0 Å². The first-order chi connectivity index (χ1) is 7.66. The predicted molar refractivity (Wildman–Crippen MR) is 78.6 cm³/mol. The zero-order chi connectivity index (χ0) is 11.3. The SMILES string of the molecule is Cl.Cl.Nc1ccc2c(c1)C(=O)c1cc(N)ccc1-2. The number of nitrogens with two attached hydrogens (primary N) is 2. The Balaban J connectivity index is 0.000000810. The van der Waals surface area contributed by atoms with Gasteiger partial charge in [0.05, 0.1) is 0 Å². The summed E-state index contributed by atoms with van der Waals surface area (Å²) < 4.78 is 0. The summed E-state index contributed by atoms with van der Waals surface area (Å²) in [6.45, 7) is 0. The average molecular weight is 283 g/mol. The molecule has 0 saturated carbocycles. The highest BCUT2D eigenvalue weighted by atomic mass is 35.5. The molecule has 0 bridgehead atoms. The van der Waals surface area contributed by atoms with Gasteiger partial charge in [0.15, 0.2) is 5.78 Å². The first-order valence-corrected chi connectivity index (χ1v) is 5.01. The van der Waals surface area contributed by atoms with Crippen LogP contribution in [0.2, 0.25) is 0 Å². The van der Waals surface area contributed by atoms with Crippen LogP contribution in [0.4, 0.5) is 11.4 Å². The summed E-state index contributed by atoms with van der Waals surface area (Å²) in [5, 5.41) is 0. The monoisotopic (exact) mass is 282 g/mol. The Morgan fingerprint density at radius 1 is 0.667 bits per heavy atom. The number of ketones is 1. The molecule has 94 valence electrons. The summed E-state index contributed by atoms with van der Waals surface area (Å²) in [4.78, 5) is 12.1. The first kappa shape index (κ1) is 14.4. The number of nitrogen functional groups attached to an aromatic ring is 2. The van der Waals surface area contributed by atoms with Gasteiger partial charge < -0.3 is 11.5 Å². The Morgan fingerprint density at radius 2 is 1.06 bits per heavy atom. The van der Waals surface area contributed by atoms with Gasteiger partial charge in [0.25, 0.3) is 0 Å². The van der Waals surface area contributed by atoms with Crippen LogP contribution >= 0.6 is 24.8 Å². The lowest BCUT2D eigenvalue weighted by Crippen LogP contribution is -1.97. The maximum Gasteiger partial charge on any atom is 0.194 e. The lowest BCUT2D eigenvalue weighted by molar-refractivity contribution is 0.104. The predicted octanol–water partition coefficient (Wildman–Crippen LogP) is 2.91. The summed E-state index contributed by atoms with van der Waals surface area (Å²) >= 11 is 0. The third-order valence-corrected chi connectivity index (χ3v) is 2.87. The number of fused-ring (bicyclic) bond motifs is 3. The van der Waals surface area contributed by atoms with Gasteiger partial charge >= 0.3 is 0 Å². The second kappa shape index (κ2) is 4.88. The van der Waals surface area contributed by atoms with Crippen molar-refractivity contribution in [2.24, 2.45) is 0 Å². The van der Waals surface area contributed by atoms with Crippen molar-refractivity contribution < 1.29 is 4.79 Å². The molecule has 2 aromatic carbocycles. The molecule has 5 heteroatoms. The highest BCUT2D eigenvalue weighted by molar-refractivity contribution is 6.22. The van der Waals surface area contributed by atoms with Crippen molar-refractivity contribution in [2.45, 2.75) is 0 Å². The average Bonchev–Trinajstić information content (AvgIpc) is 2.53. The van der Waals surface area contributed by atoms with Crippen molar-refractivity contribution in [1.82, 2.24) is 0 Å². The van der Waals surface area contributed by atoms with Gasteiger partial charge in [-0.25, -0.2) is 0 Å². The number of halogens is 2. The minimum Gasteiger partial charge on any atom is -0.399 e. The lowest BCUT2D eigenvalue weighted by atomic mass is 10.1. The molecule has 1 aliphatic rings. The van der Waals surface area contributed by atoms with Crippen molar-refractivity contribution >= 4 is 42.0 Å². The van der Waals surface area contributed by atoms with Crippen LogP contribution in [0.25, 0.3) is 11.1 Å². The molecule has 2 aromatic rings. The smallest absolute Gasteiger partial charge is 0.194 e. The number of anilines is 2. The summed E-state index contributed by atoms with van der Waals surface area (Å²) in [6.07, 6.45) is 0. The van der Waals surface area contributed by atoms with Crippen molar-refractivity contribution in [3.05, 3.63) is 47.5 Å². The van der Waals surface area contributed by atoms with E-state index in [4.69, 9.17) is 11.5 Å². The summed E-state index contributed by atoms with van der Waals surface area (Å²) in [5.74, 6) is 0.00426. The molecule has 0 atom stereocenters. The highest BCUT2D eigenvalue weighted by Crippen LogP contribution is 2.38. The molecule has 4 N–H and O–H groups in total. The molecule has 0 spiro atoms. The zero-order valence-electron chi connectivity index (χ0n) is 9.34. The van der Waals surface area contributed by atoms with E-state index in [1.807, 2.05) is 12.1 Å². The van der Waals surface area contributed by atoms with Gasteiger partial charge in [-0.1, -0.05) is 12.1 Å². The number of benzene rings is 2. The lowest BCUT2D eigenvalue weighted by Gasteiger charge is -2.00. The standard InChI is InChI=1S/C13H10N2O.2ClH/c14-7-1-3-9-10-4-2-8(15)6-12(10)13(16)11(9)5-7;;/h1-6H,14-15H2;2*1H. The molecule has 3 nitrogen and oxygen atoms in total. The number of carbonyl (C=O) groups is 1. The van der Waals surface area contributed by atoms with Crippen LogP contribution in [0.5, 0.6) is 0 Å². The summed E-state index contributed by atoms with van der Waals surface area (Å²) in [6, 6.07) is 10.8. The minimum absolute atomic E-state index is 0. The first-order valence-electron chi connectivity index (χ1n) is 5.01. The fourth-order valence-corrected chi connectivity index (χ4v) is 2.11. The molecule has 1 aliphatic carbocycles. The molecule has 0 fully saturated rings. The molecule has 0 aliphatic heterocycles. The molecule has 3 rings (SSSR count). The Hall–Kier alpha value is -1.71. The van der Waals surface area contributed by atoms with E-state index in [0.29, 0.717) is 22.5 Å². The fourth-order valence-electron chi connectivity index (χ4n) is 2.11. The molecule has 0 aromatic heterocycles. The van der Waals surface area contributed by atoms with Crippen LogP contribution in [0, 0.1) is 0 Å². The maximum absolute atomic E-state index is 12.1. The van der Waals surface area contributed by atoms with Gasteiger partial charge in [-0.2, -0.15) is 0 Å². The Labute approximate surface area is 117 Å². The molecule has 0 unspecified atom stereocenters. The zero-order valence-corrected chi connectivity index (χ0v) is 11.0. The summed E-state index contributed by atoms with van der Waals surface area (Å²) in [5.41, 5.74) is 15.8.